The van der Waals surface area contributed by atoms with Crippen LogP contribution in [0.15, 0.2) is 48.5 Å². The Morgan fingerprint density at radius 1 is 1.04 bits per heavy atom. The number of aliphatic hydroxyl groups excluding tert-OH is 2. The van der Waals surface area contributed by atoms with Crippen LogP contribution in [-0.2, 0) is 6.54 Å². The number of hydrogen-bond acceptors (Lipinski definition) is 5. The minimum absolute atomic E-state index is 0.0454. The van der Waals surface area contributed by atoms with Crippen LogP contribution in [0.3, 0.4) is 0 Å². The molecule has 0 spiro atoms. The van der Waals surface area contributed by atoms with E-state index in [1.165, 1.54) is 0 Å². The molecule has 5 nitrogen and oxygen atoms in total. The Morgan fingerprint density at radius 2 is 1.87 bits per heavy atom. The number of para-hydroxylation sites is 1. The van der Waals surface area contributed by atoms with Crippen molar-refractivity contribution in [3.63, 3.8) is 0 Å². The fraction of sp³-hybridized carbons (Fsp3) is 0.333. The topological polar surface area (TPSA) is 71.0 Å². The number of rotatable bonds is 7. The second kappa shape index (κ2) is 7.46. The van der Waals surface area contributed by atoms with E-state index in [0.29, 0.717) is 13.0 Å². The summed E-state index contributed by atoms with van der Waals surface area (Å²) in [6, 6.07) is 15.0. The van der Waals surface area contributed by atoms with Gasteiger partial charge < -0.3 is 25.0 Å². The zero-order valence-corrected chi connectivity index (χ0v) is 12.8. The first-order valence-electron chi connectivity index (χ1n) is 7.72. The Hall–Kier alpha value is -2.08. The predicted octanol–water partition coefficient (Wildman–Crippen LogP) is 1.99. The highest BCUT2D eigenvalue weighted by Crippen LogP contribution is 2.35. The molecule has 0 aromatic heterocycles. The molecule has 2 unspecified atom stereocenters. The van der Waals surface area contributed by atoms with Crippen molar-refractivity contribution in [3.05, 3.63) is 59.7 Å². The van der Waals surface area contributed by atoms with Gasteiger partial charge in [0.15, 0.2) is 11.5 Å². The van der Waals surface area contributed by atoms with Crippen molar-refractivity contribution in [3.8, 4) is 11.5 Å². The van der Waals surface area contributed by atoms with E-state index in [4.69, 9.17) is 9.47 Å². The minimum Gasteiger partial charge on any atom is -0.454 e. The van der Waals surface area contributed by atoms with Crippen molar-refractivity contribution in [2.75, 3.05) is 13.4 Å². The Balaban J connectivity index is 1.59. The van der Waals surface area contributed by atoms with E-state index in [1.54, 1.807) is 0 Å². The summed E-state index contributed by atoms with van der Waals surface area (Å²) in [5.74, 6) is 1.49. The number of aliphatic hydroxyl groups is 2. The molecule has 0 saturated carbocycles. The first-order chi connectivity index (χ1) is 11.3. The monoisotopic (exact) mass is 315 g/mol. The van der Waals surface area contributed by atoms with Crippen LogP contribution >= 0.6 is 0 Å². The fourth-order valence-electron chi connectivity index (χ4n) is 2.69. The standard InChI is InChI=1S/C18H21NO4/c20-11-15(9-16(21)13-5-2-1-3-6-13)19-10-14-7-4-8-17-18(14)23-12-22-17/h1-8,15-16,19-21H,9-12H2. The maximum Gasteiger partial charge on any atom is 0.231 e. The molecule has 0 fully saturated rings. The second-order valence-electron chi connectivity index (χ2n) is 5.57. The molecular formula is C18H21NO4. The Kier molecular flexibility index (Phi) is 5.12. The molecule has 0 bridgehead atoms. The van der Waals surface area contributed by atoms with Gasteiger partial charge in [-0.05, 0) is 18.1 Å². The van der Waals surface area contributed by atoms with Gasteiger partial charge in [-0.15, -0.1) is 0 Å². The summed E-state index contributed by atoms with van der Waals surface area (Å²) in [7, 11) is 0. The molecule has 2 atom stereocenters. The highest BCUT2D eigenvalue weighted by atomic mass is 16.7. The predicted molar refractivity (Wildman–Crippen MR) is 86.3 cm³/mol. The summed E-state index contributed by atoms with van der Waals surface area (Å²) < 4.78 is 10.8. The summed E-state index contributed by atoms with van der Waals surface area (Å²) in [4.78, 5) is 0. The van der Waals surface area contributed by atoms with Crippen molar-refractivity contribution < 1.29 is 19.7 Å². The van der Waals surface area contributed by atoms with E-state index in [-0.39, 0.29) is 19.4 Å². The molecule has 1 aliphatic heterocycles. The van der Waals surface area contributed by atoms with Crippen LogP contribution in [0, 0.1) is 0 Å². The Bertz CT molecular complexity index is 632. The molecule has 0 radical (unpaired) electrons. The third-order valence-electron chi connectivity index (χ3n) is 3.97. The van der Waals surface area contributed by atoms with Gasteiger partial charge in [0.2, 0.25) is 6.79 Å². The maximum absolute atomic E-state index is 10.3. The molecule has 3 rings (SSSR count). The second-order valence-corrected chi connectivity index (χ2v) is 5.57. The third-order valence-corrected chi connectivity index (χ3v) is 3.97. The summed E-state index contributed by atoms with van der Waals surface area (Å²) in [6.07, 6.45) is -0.172. The molecule has 2 aromatic carbocycles. The number of hydrogen-bond donors (Lipinski definition) is 3. The largest absolute Gasteiger partial charge is 0.454 e. The molecule has 5 heteroatoms. The van der Waals surface area contributed by atoms with E-state index < -0.39 is 6.10 Å². The molecular weight excluding hydrogens is 294 g/mol. The van der Waals surface area contributed by atoms with Crippen LogP contribution in [0.4, 0.5) is 0 Å². The van der Waals surface area contributed by atoms with E-state index >= 15 is 0 Å². The Labute approximate surface area is 135 Å². The van der Waals surface area contributed by atoms with Crippen LogP contribution in [0.2, 0.25) is 0 Å². The molecule has 1 aliphatic rings. The molecule has 2 aromatic rings. The van der Waals surface area contributed by atoms with Crippen LogP contribution in [0.25, 0.3) is 0 Å². The van der Waals surface area contributed by atoms with Gasteiger partial charge in [0.05, 0.1) is 12.7 Å². The quantitative estimate of drug-likeness (QED) is 0.729. The lowest BCUT2D eigenvalue weighted by atomic mass is 10.0. The number of fused-ring (bicyclic) bond motifs is 1. The normalized spacial score (nSPS) is 15.4. The zero-order valence-electron chi connectivity index (χ0n) is 12.8. The molecule has 3 N–H and O–H groups in total. The lowest BCUT2D eigenvalue weighted by molar-refractivity contribution is 0.128. The summed E-state index contributed by atoms with van der Waals surface area (Å²) in [5, 5.41) is 23.1. The average molecular weight is 315 g/mol. The van der Waals surface area contributed by atoms with Gasteiger partial charge in [0, 0.05) is 18.2 Å². The van der Waals surface area contributed by atoms with Crippen molar-refractivity contribution in [2.45, 2.75) is 25.1 Å². The number of nitrogens with one attached hydrogen (secondary N) is 1. The first-order valence-corrected chi connectivity index (χ1v) is 7.72. The first kappa shape index (κ1) is 15.8. The minimum atomic E-state index is -0.609. The van der Waals surface area contributed by atoms with Gasteiger partial charge in [-0.1, -0.05) is 42.5 Å². The van der Waals surface area contributed by atoms with E-state index in [9.17, 15) is 10.2 Å². The van der Waals surface area contributed by atoms with Crippen molar-refractivity contribution >= 4 is 0 Å². The smallest absolute Gasteiger partial charge is 0.231 e. The van der Waals surface area contributed by atoms with Crippen LogP contribution < -0.4 is 14.8 Å². The lowest BCUT2D eigenvalue weighted by Gasteiger charge is -2.20. The summed E-state index contributed by atoms with van der Waals surface area (Å²) in [5.41, 5.74) is 1.83. The fourth-order valence-corrected chi connectivity index (χ4v) is 2.69. The lowest BCUT2D eigenvalue weighted by Crippen LogP contribution is -2.33. The SMILES string of the molecule is OCC(CC(O)c1ccccc1)NCc1cccc2c1OCO2. The highest BCUT2D eigenvalue weighted by molar-refractivity contribution is 5.48. The van der Waals surface area contributed by atoms with Crippen LogP contribution in [-0.4, -0.2) is 29.7 Å². The van der Waals surface area contributed by atoms with Crippen LogP contribution in [0.5, 0.6) is 11.5 Å². The van der Waals surface area contributed by atoms with Crippen molar-refractivity contribution in [2.24, 2.45) is 0 Å². The number of ether oxygens (including phenoxy) is 2. The average Bonchev–Trinajstić information content (AvgIpc) is 3.08. The van der Waals surface area contributed by atoms with Crippen LogP contribution in [0.1, 0.15) is 23.7 Å². The number of benzene rings is 2. The van der Waals surface area contributed by atoms with Gasteiger partial charge in [0.25, 0.3) is 0 Å². The van der Waals surface area contributed by atoms with E-state index in [1.807, 2.05) is 48.5 Å². The molecule has 1 heterocycles. The molecule has 0 amide bonds. The zero-order chi connectivity index (χ0) is 16.1. The van der Waals surface area contributed by atoms with Gasteiger partial charge >= 0.3 is 0 Å². The van der Waals surface area contributed by atoms with Crippen molar-refractivity contribution in [1.29, 1.82) is 0 Å². The highest BCUT2D eigenvalue weighted by Gasteiger charge is 2.19. The van der Waals surface area contributed by atoms with E-state index in [2.05, 4.69) is 5.32 Å². The van der Waals surface area contributed by atoms with Gasteiger partial charge in [0.1, 0.15) is 0 Å². The maximum atomic E-state index is 10.3. The van der Waals surface area contributed by atoms with Gasteiger partial charge in [-0.3, -0.25) is 0 Å². The van der Waals surface area contributed by atoms with Crippen molar-refractivity contribution in [1.82, 2.24) is 5.32 Å². The summed E-state index contributed by atoms with van der Waals surface area (Å²) in [6.45, 7) is 0.734. The third kappa shape index (κ3) is 3.82. The van der Waals surface area contributed by atoms with Gasteiger partial charge in [-0.25, -0.2) is 0 Å². The Morgan fingerprint density at radius 3 is 2.65 bits per heavy atom. The molecule has 0 aliphatic carbocycles. The summed E-state index contributed by atoms with van der Waals surface area (Å²) >= 11 is 0. The molecule has 122 valence electrons. The molecule has 23 heavy (non-hydrogen) atoms. The van der Waals surface area contributed by atoms with Gasteiger partial charge in [-0.2, -0.15) is 0 Å². The van der Waals surface area contributed by atoms with E-state index in [0.717, 1.165) is 22.6 Å². The molecule has 0 saturated heterocycles.